The number of hydrogen-bond donors (Lipinski definition) is 1. The SMILES string of the molecule is O=C(CCc1ncc(-c2ccccc2)o1)Nc1ccccc1SC(F)F. The molecule has 0 spiro atoms. The van der Waals surface area contributed by atoms with Crippen LogP contribution in [0.1, 0.15) is 12.3 Å². The van der Waals surface area contributed by atoms with Crippen molar-refractivity contribution in [2.24, 2.45) is 0 Å². The van der Waals surface area contributed by atoms with E-state index in [1.165, 1.54) is 0 Å². The third-order valence-corrected chi connectivity index (χ3v) is 4.34. The number of para-hydroxylation sites is 1. The Bertz CT molecular complexity index is 869. The third-order valence-electron chi connectivity index (χ3n) is 3.56. The topological polar surface area (TPSA) is 55.1 Å². The van der Waals surface area contributed by atoms with Crippen molar-refractivity contribution in [2.75, 3.05) is 5.32 Å². The summed E-state index contributed by atoms with van der Waals surface area (Å²) in [4.78, 5) is 16.6. The van der Waals surface area contributed by atoms with Gasteiger partial charge in [-0.15, -0.1) is 0 Å². The van der Waals surface area contributed by atoms with Crippen molar-refractivity contribution in [3.8, 4) is 11.3 Å². The van der Waals surface area contributed by atoms with E-state index < -0.39 is 5.76 Å². The Morgan fingerprint density at radius 3 is 2.62 bits per heavy atom. The Kier molecular flexibility index (Phi) is 6.01. The predicted molar refractivity (Wildman–Crippen MR) is 97.2 cm³/mol. The average Bonchev–Trinajstić information content (AvgIpc) is 3.11. The Hall–Kier alpha value is -2.67. The van der Waals surface area contributed by atoms with Gasteiger partial charge in [0.2, 0.25) is 5.91 Å². The Labute approximate surface area is 153 Å². The molecule has 0 fully saturated rings. The van der Waals surface area contributed by atoms with E-state index in [-0.39, 0.29) is 12.3 Å². The van der Waals surface area contributed by atoms with Crippen LogP contribution in [0.5, 0.6) is 0 Å². The number of amides is 1. The second kappa shape index (κ2) is 8.62. The first kappa shape index (κ1) is 18.1. The number of benzene rings is 2. The molecule has 0 bridgehead atoms. The molecule has 7 heteroatoms. The van der Waals surface area contributed by atoms with Gasteiger partial charge >= 0.3 is 0 Å². The molecule has 1 N–H and O–H groups in total. The van der Waals surface area contributed by atoms with Crippen molar-refractivity contribution in [3.05, 3.63) is 66.7 Å². The molecule has 3 aromatic rings. The highest BCUT2D eigenvalue weighted by Crippen LogP contribution is 2.31. The third kappa shape index (κ3) is 4.92. The number of alkyl halides is 2. The van der Waals surface area contributed by atoms with E-state index in [0.717, 1.165) is 5.56 Å². The van der Waals surface area contributed by atoms with Crippen molar-refractivity contribution in [3.63, 3.8) is 0 Å². The highest BCUT2D eigenvalue weighted by Gasteiger charge is 2.13. The first-order valence-corrected chi connectivity index (χ1v) is 8.83. The zero-order valence-corrected chi connectivity index (χ0v) is 14.5. The number of aryl methyl sites for hydroxylation is 1. The van der Waals surface area contributed by atoms with Gasteiger partial charge in [-0.05, 0) is 12.1 Å². The van der Waals surface area contributed by atoms with Crippen LogP contribution < -0.4 is 5.32 Å². The number of oxazole rings is 1. The van der Waals surface area contributed by atoms with Gasteiger partial charge in [-0.3, -0.25) is 4.79 Å². The van der Waals surface area contributed by atoms with Crippen molar-refractivity contribution in [1.82, 2.24) is 4.98 Å². The van der Waals surface area contributed by atoms with Crippen LogP contribution in [0.3, 0.4) is 0 Å². The molecule has 0 aliphatic rings. The number of nitrogens with zero attached hydrogens (tertiary/aromatic N) is 1. The van der Waals surface area contributed by atoms with Gasteiger partial charge in [0.1, 0.15) is 0 Å². The van der Waals surface area contributed by atoms with Crippen molar-refractivity contribution in [2.45, 2.75) is 23.5 Å². The van der Waals surface area contributed by atoms with Crippen LogP contribution in [0, 0.1) is 0 Å². The summed E-state index contributed by atoms with van der Waals surface area (Å²) in [5.41, 5.74) is 1.29. The van der Waals surface area contributed by atoms with E-state index in [2.05, 4.69) is 10.3 Å². The lowest BCUT2D eigenvalue weighted by Crippen LogP contribution is -2.13. The summed E-state index contributed by atoms with van der Waals surface area (Å²) in [6.45, 7) is 0. The minimum absolute atomic E-state index is 0.141. The molecule has 0 unspecified atom stereocenters. The van der Waals surface area contributed by atoms with Crippen LogP contribution in [0.25, 0.3) is 11.3 Å². The molecule has 2 aromatic carbocycles. The second-order valence-corrected chi connectivity index (χ2v) is 6.44. The van der Waals surface area contributed by atoms with E-state index >= 15 is 0 Å². The highest BCUT2D eigenvalue weighted by molar-refractivity contribution is 7.99. The normalized spacial score (nSPS) is 10.9. The fraction of sp³-hybridized carbons (Fsp3) is 0.158. The average molecular weight is 374 g/mol. The maximum absolute atomic E-state index is 12.6. The van der Waals surface area contributed by atoms with Crippen LogP contribution in [0.2, 0.25) is 0 Å². The van der Waals surface area contributed by atoms with E-state index in [1.54, 1.807) is 30.5 Å². The summed E-state index contributed by atoms with van der Waals surface area (Å²) in [5, 5.41) is 2.66. The number of carbonyl (C=O) groups is 1. The van der Waals surface area contributed by atoms with E-state index in [9.17, 15) is 13.6 Å². The molecule has 3 rings (SSSR count). The number of hydrogen-bond acceptors (Lipinski definition) is 4. The quantitative estimate of drug-likeness (QED) is 0.576. The van der Waals surface area contributed by atoms with Crippen LogP contribution in [0.4, 0.5) is 14.5 Å². The van der Waals surface area contributed by atoms with Crippen molar-refractivity contribution >= 4 is 23.4 Å². The van der Waals surface area contributed by atoms with Gasteiger partial charge in [0.05, 0.1) is 11.9 Å². The van der Waals surface area contributed by atoms with Crippen LogP contribution in [-0.4, -0.2) is 16.6 Å². The Balaban J connectivity index is 1.58. The molecule has 0 aliphatic carbocycles. The van der Waals surface area contributed by atoms with Crippen LogP contribution in [-0.2, 0) is 11.2 Å². The van der Waals surface area contributed by atoms with E-state index in [1.807, 2.05) is 30.3 Å². The Morgan fingerprint density at radius 1 is 1.12 bits per heavy atom. The molecule has 1 aromatic heterocycles. The lowest BCUT2D eigenvalue weighted by atomic mass is 10.2. The number of rotatable bonds is 7. The Morgan fingerprint density at radius 2 is 1.85 bits per heavy atom. The molecule has 1 amide bonds. The summed E-state index contributed by atoms with van der Waals surface area (Å²) < 4.78 is 30.8. The molecule has 0 aliphatic heterocycles. The zero-order chi connectivity index (χ0) is 18.4. The maximum Gasteiger partial charge on any atom is 0.288 e. The molecule has 1 heterocycles. The largest absolute Gasteiger partial charge is 0.441 e. The molecule has 0 saturated heterocycles. The molecular formula is C19H16F2N2O2S. The minimum Gasteiger partial charge on any atom is -0.441 e. The smallest absolute Gasteiger partial charge is 0.288 e. The number of halogens is 2. The molecule has 0 atom stereocenters. The maximum atomic E-state index is 12.6. The molecule has 0 saturated carbocycles. The fourth-order valence-electron chi connectivity index (χ4n) is 2.36. The lowest BCUT2D eigenvalue weighted by molar-refractivity contribution is -0.116. The van der Waals surface area contributed by atoms with Crippen molar-refractivity contribution < 1.29 is 18.0 Å². The molecule has 4 nitrogen and oxygen atoms in total. The summed E-state index contributed by atoms with van der Waals surface area (Å²) in [6.07, 6.45) is 2.09. The highest BCUT2D eigenvalue weighted by atomic mass is 32.2. The van der Waals surface area contributed by atoms with Gasteiger partial charge in [0.15, 0.2) is 11.7 Å². The summed E-state index contributed by atoms with van der Waals surface area (Å²) >= 11 is 0.404. The molecular weight excluding hydrogens is 358 g/mol. The fourth-order valence-corrected chi connectivity index (χ4v) is 2.96. The summed E-state index contributed by atoms with van der Waals surface area (Å²) in [5.74, 6) is -1.74. The standard InChI is InChI=1S/C19H16F2N2O2S/c20-19(21)26-16-9-5-4-8-14(16)23-17(24)10-11-18-22-12-15(25-18)13-6-2-1-3-7-13/h1-9,12,19H,10-11H2,(H,23,24). The lowest BCUT2D eigenvalue weighted by Gasteiger charge is -2.09. The number of aromatic nitrogens is 1. The number of nitrogens with one attached hydrogen (secondary N) is 1. The summed E-state index contributed by atoms with van der Waals surface area (Å²) in [6, 6.07) is 16.0. The van der Waals surface area contributed by atoms with Gasteiger partial charge in [0, 0.05) is 23.3 Å². The first-order valence-electron chi connectivity index (χ1n) is 7.95. The first-order chi connectivity index (χ1) is 12.6. The van der Waals surface area contributed by atoms with Gasteiger partial charge in [-0.1, -0.05) is 54.2 Å². The number of anilines is 1. The number of thioether (sulfide) groups is 1. The zero-order valence-electron chi connectivity index (χ0n) is 13.7. The van der Waals surface area contributed by atoms with Gasteiger partial charge in [0.25, 0.3) is 5.76 Å². The predicted octanol–water partition coefficient (Wildman–Crippen LogP) is 5.23. The van der Waals surface area contributed by atoms with Crippen LogP contribution in [0.15, 0.2) is 70.1 Å². The van der Waals surface area contributed by atoms with E-state index in [0.29, 0.717) is 40.4 Å². The summed E-state index contributed by atoms with van der Waals surface area (Å²) in [7, 11) is 0. The molecule has 134 valence electrons. The minimum atomic E-state index is -2.54. The van der Waals surface area contributed by atoms with Crippen LogP contribution >= 0.6 is 11.8 Å². The van der Waals surface area contributed by atoms with Crippen molar-refractivity contribution in [1.29, 1.82) is 0 Å². The van der Waals surface area contributed by atoms with E-state index in [4.69, 9.17) is 4.42 Å². The second-order valence-electron chi connectivity index (χ2n) is 5.41. The monoisotopic (exact) mass is 374 g/mol. The van der Waals surface area contributed by atoms with Gasteiger partial charge in [-0.2, -0.15) is 8.78 Å². The molecule has 0 radical (unpaired) electrons. The van der Waals surface area contributed by atoms with Gasteiger partial charge in [-0.25, -0.2) is 4.98 Å². The molecule has 26 heavy (non-hydrogen) atoms. The van der Waals surface area contributed by atoms with Gasteiger partial charge < -0.3 is 9.73 Å². The number of carbonyl (C=O) groups excluding carboxylic acids is 1.